The molecule has 28 heavy (non-hydrogen) atoms. The van der Waals surface area contributed by atoms with Crippen LogP contribution in [0.25, 0.3) is 0 Å². The monoisotopic (exact) mass is 396 g/mol. The van der Waals surface area contributed by atoms with E-state index >= 15 is 0 Å². The molecule has 2 aromatic rings. The highest BCUT2D eigenvalue weighted by Crippen LogP contribution is 2.46. The van der Waals surface area contributed by atoms with Gasteiger partial charge in [-0.15, -0.1) is 11.3 Å². The smallest absolute Gasteiger partial charge is 0.220 e. The zero-order valence-corrected chi connectivity index (χ0v) is 17.0. The Bertz CT molecular complexity index is 823. The van der Waals surface area contributed by atoms with Gasteiger partial charge in [-0.2, -0.15) is 0 Å². The van der Waals surface area contributed by atoms with Gasteiger partial charge in [-0.1, -0.05) is 24.3 Å². The number of rotatable bonds is 5. The van der Waals surface area contributed by atoms with Crippen LogP contribution < -0.4 is 10.1 Å². The third-order valence-corrected chi connectivity index (χ3v) is 7.27. The molecule has 2 fully saturated rings. The molecule has 1 atom stereocenters. The molecule has 1 saturated carbocycles. The molecule has 1 aliphatic carbocycles. The van der Waals surface area contributed by atoms with E-state index in [0.29, 0.717) is 12.5 Å². The lowest BCUT2D eigenvalue weighted by atomic mass is 9.76. The molecule has 1 aromatic carbocycles. The summed E-state index contributed by atoms with van der Waals surface area (Å²) in [5, 5.41) is 5.32. The minimum absolute atomic E-state index is 0.120. The first kappa shape index (κ1) is 18.2. The van der Waals surface area contributed by atoms with E-state index < -0.39 is 0 Å². The number of hydrogen-bond donors (Lipinski definition) is 1. The van der Waals surface area contributed by atoms with Crippen LogP contribution in [-0.2, 0) is 11.3 Å². The zero-order valence-electron chi connectivity index (χ0n) is 16.2. The maximum Gasteiger partial charge on any atom is 0.220 e. The predicted molar refractivity (Wildman–Crippen MR) is 112 cm³/mol. The molecule has 4 nitrogen and oxygen atoms in total. The lowest BCUT2D eigenvalue weighted by Gasteiger charge is -2.47. The Kier molecular flexibility index (Phi) is 4.89. The molecule has 0 unspecified atom stereocenters. The zero-order chi connectivity index (χ0) is 19.0. The topological polar surface area (TPSA) is 41.6 Å². The average Bonchev–Trinajstić information content (AvgIpc) is 3.35. The first-order valence-electron chi connectivity index (χ1n) is 10.5. The summed E-state index contributed by atoms with van der Waals surface area (Å²) in [5.74, 6) is 1.45. The van der Waals surface area contributed by atoms with E-state index in [9.17, 15) is 4.79 Å². The number of carbonyl (C=O) groups excluding carboxylic acids is 1. The average molecular weight is 397 g/mol. The Morgan fingerprint density at radius 1 is 1.18 bits per heavy atom. The standard InChI is InChI=1S/C23H28N2O2S/c26-22(24-18-7-8-18)14-17-15-23(27-21-6-2-1-5-20(17)21)9-11-25(12-10-23)16-19-4-3-13-28-19/h1-6,13,17-18H,7-12,14-16H2,(H,24,26)/t17-/m0/s1. The fourth-order valence-electron chi connectivity index (χ4n) is 4.71. The number of benzene rings is 1. The van der Waals surface area contributed by atoms with Gasteiger partial charge in [0, 0.05) is 42.9 Å². The molecule has 1 amide bonds. The Labute approximate surface area is 170 Å². The van der Waals surface area contributed by atoms with E-state index in [2.05, 4.69) is 45.9 Å². The normalized spacial score (nSPS) is 23.8. The van der Waals surface area contributed by atoms with Crippen molar-refractivity contribution in [1.82, 2.24) is 10.2 Å². The number of nitrogens with zero attached hydrogens (tertiary/aromatic N) is 1. The van der Waals surface area contributed by atoms with Crippen LogP contribution in [0.5, 0.6) is 5.75 Å². The van der Waals surface area contributed by atoms with Crippen LogP contribution in [0.15, 0.2) is 41.8 Å². The minimum atomic E-state index is -0.120. The fraction of sp³-hybridized carbons (Fsp3) is 0.522. The van der Waals surface area contributed by atoms with Crippen molar-refractivity contribution in [2.45, 2.75) is 62.6 Å². The maximum atomic E-state index is 12.5. The largest absolute Gasteiger partial charge is 0.487 e. The Morgan fingerprint density at radius 3 is 2.75 bits per heavy atom. The van der Waals surface area contributed by atoms with Gasteiger partial charge >= 0.3 is 0 Å². The second-order valence-electron chi connectivity index (χ2n) is 8.63. The highest BCUT2D eigenvalue weighted by atomic mass is 32.1. The van der Waals surface area contributed by atoms with Gasteiger partial charge in [-0.3, -0.25) is 9.69 Å². The summed E-state index contributed by atoms with van der Waals surface area (Å²) in [6, 6.07) is 13.1. The molecule has 0 radical (unpaired) electrons. The Morgan fingerprint density at radius 2 is 2.00 bits per heavy atom. The van der Waals surface area contributed by atoms with Gasteiger partial charge in [0.15, 0.2) is 0 Å². The fourth-order valence-corrected chi connectivity index (χ4v) is 5.46. The number of para-hydroxylation sites is 1. The van der Waals surface area contributed by atoms with Crippen LogP contribution in [0, 0.1) is 0 Å². The number of hydrogen-bond acceptors (Lipinski definition) is 4. The number of carbonyl (C=O) groups is 1. The van der Waals surface area contributed by atoms with Gasteiger partial charge in [0.1, 0.15) is 11.4 Å². The maximum absolute atomic E-state index is 12.5. The van der Waals surface area contributed by atoms with Gasteiger partial charge in [-0.05, 0) is 55.2 Å². The van der Waals surface area contributed by atoms with Crippen molar-refractivity contribution < 1.29 is 9.53 Å². The molecule has 5 rings (SSSR count). The van der Waals surface area contributed by atoms with Crippen molar-refractivity contribution in [3.05, 3.63) is 52.2 Å². The summed E-state index contributed by atoms with van der Waals surface area (Å²) in [4.78, 5) is 16.5. The molecule has 3 aliphatic rings. The summed E-state index contributed by atoms with van der Waals surface area (Å²) in [6.45, 7) is 3.15. The first-order chi connectivity index (χ1) is 13.7. The first-order valence-corrected chi connectivity index (χ1v) is 11.4. The summed E-state index contributed by atoms with van der Waals surface area (Å²) in [5.41, 5.74) is 1.09. The number of ether oxygens (including phenoxy) is 1. The van der Waals surface area contributed by atoms with Gasteiger partial charge in [0.25, 0.3) is 0 Å². The molecule has 2 aliphatic heterocycles. The van der Waals surface area contributed by atoms with E-state index in [-0.39, 0.29) is 17.4 Å². The highest BCUT2D eigenvalue weighted by Gasteiger charge is 2.43. The van der Waals surface area contributed by atoms with E-state index in [1.54, 1.807) is 0 Å². The van der Waals surface area contributed by atoms with Gasteiger partial charge in [0.05, 0.1) is 0 Å². The molecular formula is C23H28N2O2S. The second kappa shape index (κ2) is 7.53. The van der Waals surface area contributed by atoms with Crippen LogP contribution >= 0.6 is 11.3 Å². The summed E-state index contributed by atoms with van der Waals surface area (Å²) in [6.07, 6.45) is 5.88. The highest BCUT2D eigenvalue weighted by molar-refractivity contribution is 7.09. The van der Waals surface area contributed by atoms with E-state index in [1.807, 2.05) is 17.4 Å². The van der Waals surface area contributed by atoms with Crippen LogP contribution in [-0.4, -0.2) is 35.5 Å². The number of thiophene rings is 1. The van der Waals surface area contributed by atoms with E-state index in [0.717, 1.165) is 57.5 Å². The quantitative estimate of drug-likeness (QED) is 0.818. The predicted octanol–water partition coefficient (Wildman–Crippen LogP) is 4.32. The third-order valence-electron chi connectivity index (χ3n) is 6.40. The number of piperidine rings is 1. The second-order valence-corrected chi connectivity index (χ2v) is 9.66. The Balaban J connectivity index is 1.28. The van der Waals surface area contributed by atoms with Crippen LogP contribution in [0.4, 0.5) is 0 Å². The lowest BCUT2D eigenvalue weighted by molar-refractivity contribution is -0.122. The van der Waals surface area contributed by atoms with Crippen molar-refractivity contribution in [3.63, 3.8) is 0 Å². The van der Waals surface area contributed by atoms with Crippen LogP contribution in [0.1, 0.15) is 54.9 Å². The molecule has 5 heteroatoms. The summed E-state index contributed by atoms with van der Waals surface area (Å²) in [7, 11) is 0. The Hall–Kier alpha value is -1.85. The van der Waals surface area contributed by atoms with Crippen LogP contribution in [0.3, 0.4) is 0 Å². The van der Waals surface area contributed by atoms with E-state index in [4.69, 9.17) is 4.74 Å². The van der Waals surface area contributed by atoms with Crippen molar-refractivity contribution in [2.24, 2.45) is 0 Å². The molecular weight excluding hydrogens is 368 g/mol. The number of likely N-dealkylation sites (tertiary alicyclic amines) is 1. The van der Waals surface area contributed by atoms with Crippen molar-refractivity contribution in [1.29, 1.82) is 0 Å². The molecule has 1 spiro atoms. The van der Waals surface area contributed by atoms with Gasteiger partial charge in [-0.25, -0.2) is 0 Å². The summed E-state index contributed by atoms with van der Waals surface area (Å²) >= 11 is 1.83. The lowest BCUT2D eigenvalue weighted by Crippen LogP contribution is -2.50. The molecule has 148 valence electrons. The molecule has 3 heterocycles. The summed E-state index contributed by atoms with van der Waals surface area (Å²) < 4.78 is 6.59. The van der Waals surface area contributed by atoms with Crippen molar-refractivity contribution in [3.8, 4) is 5.75 Å². The molecule has 0 bridgehead atoms. The number of nitrogens with one attached hydrogen (secondary N) is 1. The van der Waals surface area contributed by atoms with Crippen molar-refractivity contribution in [2.75, 3.05) is 13.1 Å². The SMILES string of the molecule is O=C(C[C@H]1CC2(CCN(Cc3cccs3)CC2)Oc2ccccc21)NC1CC1. The molecule has 1 saturated heterocycles. The minimum Gasteiger partial charge on any atom is -0.487 e. The van der Waals surface area contributed by atoms with Crippen LogP contribution in [0.2, 0.25) is 0 Å². The molecule has 1 N–H and O–H groups in total. The molecule has 1 aromatic heterocycles. The van der Waals surface area contributed by atoms with Gasteiger partial charge < -0.3 is 10.1 Å². The third kappa shape index (κ3) is 3.96. The number of fused-ring (bicyclic) bond motifs is 1. The van der Waals surface area contributed by atoms with E-state index in [1.165, 1.54) is 10.4 Å². The van der Waals surface area contributed by atoms with Gasteiger partial charge in [0.2, 0.25) is 5.91 Å². The number of amides is 1. The van der Waals surface area contributed by atoms with Crippen molar-refractivity contribution >= 4 is 17.2 Å².